The van der Waals surface area contributed by atoms with Crippen molar-refractivity contribution in [3.63, 3.8) is 0 Å². The third-order valence-electron chi connectivity index (χ3n) is 2.21. The lowest BCUT2D eigenvalue weighted by atomic mass is 10.1. The monoisotopic (exact) mass is 251 g/mol. The van der Waals surface area contributed by atoms with Gasteiger partial charge in [0.05, 0.1) is 18.2 Å². The Morgan fingerprint density at radius 1 is 1.33 bits per heavy atom. The number of carbonyl (C=O) groups is 1. The number of rotatable bonds is 6. The van der Waals surface area contributed by atoms with Crippen LogP contribution in [0.5, 0.6) is 0 Å². The van der Waals surface area contributed by atoms with Crippen LogP contribution in [0.1, 0.15) is 26.3 Å². The minimum atomic E-state index is -0.639. The summed E-state index contributed by atoms with van der Waals surface area (Å²) in [5.74, 6) is 0. The molecule has 0 fully saturated rings. The Labute approximate surface area is 108 Å². The molecule has 1 aromatic carbocycles. The maximum atomic E-state index is 10.9. The summed E-state index contributed by atoms with van der Waals surface area (Å²) in [6.07, 6.45) is 0.456. The summed E-state index contributed by atoms with van der Waals surface area (Å²) in [7, 11) is 0. The Hall–Kier alpha value is -1.39. The summed E-state index contributed by atoms with van der Waals surface area (Å²) in [5, 5.41) is 11.1. The SMILES string of the molecule is CC(C)(C)ON(C=O)CC(O)Cc1ccccc1. The van der Waals surface area contributed by atoms with E-state index in [1.165, 1.54) is 0 Å². The lowest BCUT2D eigenvalue weighted by molar-refractivity contribution is -0.222. The topological polar surface area (TPSA) is 49.8 Å². The van der Waals surface area contributed by atoms with Gasteiger partial charge < -0.3 is 5.11 Å². The van der Waals surface area contributed by atoms with Crippen LogP contribution in [0.2, 0.25) is 0 Å². The van der Waals surface area contributed by atoms with E-state index < -0.39 is 11.7 Å². The van der Waals surface area contributed by atoms with E-state index in [0.717, 1.165) is 10.6 Å². The first-order chi connectivity index (χ1) is 8.40. The fourth-order valence-electron chi connectivity index (χ4n) is 1.61. The van der Waals surface area contributed by atoms with Crippen LogP contribution in [0.25, 0.3) is 0 Å². The Morgan fingerprint density at radius 2 is 1.94 bits per heavy atom. The van der Waals surface area contributed by atoms with Crippen molar-refractivity contribution in [2.75, 3.05) is 6.54 Å². The lowest BCUT2D eigenvalue weighted by Gasteiger charge is -2.28. The van der Waals surface area contributed by atoms with Gasteiger partial charge in [0.25, 0.3) is 0 Å². The molecule has 1 unspecified atom stereocenters. The van der Waals surface area contributed by atoms with Crippen LogP contribution in [-0.2, 0) is 16.1 Å². The van der Waals surface area contributed by atoms with Crippen LogP contribution in [0.15, 0.2) is 30.3 Å². The zero-order chi connectivity index (χ0) is 13.6. The van der Waals surface area contributed by atoms with Crippen LogP contribution < -0.4 is 0 Å². The second-order valence-electron chi connectivity index (χ2n) is 5.25. The molecule has 4 heteroatoms. The number of aliphatic hydroxyl groups is 1. The van der Waals surface area contributed by atoms with Crippen molar-refractivity contribution < 1.29 is 14.7 Å². The molecular formula is C14H21NO3. The van der Waals surface area contributed by atoms with Gasteiger partial charge in [0.1, 0.15) is 0 Å². The molecule has 100 valence electrons. The summed E-state index contributed by atoms with van der Waals surface area (Å²) in [4.78, 5) is 16.3. The molecule has 0 bridgehead atoms. The number of hydrogen-bond donors (Lipinski definition) is 1. The van der Waals surface area contributed by atoms with Gasteiger partial charge in [0, 0.05) is 6.42 Å². The molecule has 0 aliphatic rings. The molecule has 1 aromatic rings. The Bertz CT molecular complexity index is 359. The van der Waals surface area contributed by atoms with Crippen LogP contribution in [0.3, 0.4) is 0 Å². The van der Waals surface area contributed by atoms with E-state index in [4.69, 9.17) is 4.84 Å². The molecule has 1 N–H and O–H groups in total. The highest BCUT2D eigenvalue weighted by molar-refractivity contribution is 5.45. The second-order valence-corrected chi connectivity index (χ2v) is 5.25. The molecule has 0 aromatic heterocycles. The van der Waals surface area contributed by atoms with Crippen LogP contribution in [0.4, 0.5) is 0 Å². The van der Waals surface area contributed by atoms with Crippen molar-refractivity contribution in [3.05, 3.63) is 35.9 Å². The number of hydroxylamine groups is 2. The fraction of sp³-hybridized carbons (Fsp3) is 0.500. The third-order valence-corrected chi connectivity index (χ3v) is 2.21. The summed E-state index contributed by atoms with van der Waals surface area (Å²) in [6, 6.07) is 9.66. The van der Waals surface area contributed by atoms with Gasteiger partial charge in [-0.2, -0.15) is 0 Å². The van der Waals surface area contributed by atoms with Gasteiger partial charge in [0.15, 0.2) is 0 Å². The van der Waals surface area contributed by atoms with Gasteiger partial charge in [-0.05, 0) is 26.3 Å². The van der Waals surface area contributed by atoms with Crippen molar-refractivity contribution in [1.82, 2.24) is 5.06 Å². The molecule has 0 heterocycles. The Kier molecular flexibility index (Phi) is 5.31. The van der Waals surface area contributed by atoms with Crippen LogP contribution >= 0.6 is 0 Å². The minimum Gasteiger partial charge on any atom is -0.391 e. The summed E-state index contributed by atoms with van der Waals surface area (Å²) >= 11 is 0. The van der Waals surface area contributed by atoms with Crippen LogP contribution in [-0.4, -0.2) is 34.8 Å². The number of nitrogens with zero attached hydrogens (tertiary/aromatic N) is 1. The Balaban J connectivity index is 2.47. The predicted molar refractivity (Wildman–Crippen MR) is 69.8 cm³/mol. The third kappa shape index (κ3) is 5.80. The van der Waals surface area contributed by atoms with Gasteiger partial charge in [-0.3, -0.25) is 9.63 Å². The molecule has 4 nitrogen and oxygen atoms in total. The average Bonchev–Trinajstić information content (AvgIpc) is 2.27. The number of carbonyl (C=O) groups excluding carboxylic acids is 1. The van der Waals surface area contributed by atoms with Crippen molar-refractivity contribution in [2.24, 2.45) is 0 Å². The molecule has 0 aliphatic carbocycles. The molecule has 0 radical (unpaired) electrons. The zero-order valence-electron chi connectivity index (χ0n) is 11.2. The van der Waals surface area contributed by atoms with Crippen molar-refractivity contribution in [3.8, 4) is 0 Å². The van der Waals surface area contributed by atoms with Crippen LogP contribution in [0, 0.1) is 0 Å². The first kappa shape index (κ1) is 14.7. The number of amides is 1. The number of aliphatic hydroxyl groups excluding tert-OH is 1. The zero-order valence-corrected chi connectivity index (χ0v) is 11.2. The van der Waals surface area contributed by atoms with E-state index in [1.54, 1.807) is 0 Å². The lowest BCUT2D eigenvalue weighted by Crippen LogP contribution is -2.38. The van der Waals surface area contributed by atoms with Gasteiger partial charge in [0.2, 0.25) is 6.41 Å². The molecule has 18 heavy (non-hydrogen) atoms. The van der Waals surface area contributed by atoms with Gasteiger partial charge in [-0.15, -0.1) is 0 Å². The highest BCUT2D eigenvalue weighted by Crippen LogP contribution is 2.10. The predicted octanol–water partition coefficient (Wildman–Crippen LogP) is 1.78. The van der Waals surface area contributed by atoms with E-state index in [2.05, 4.69) is 0 Å². The quantitative estimate of drug-likeness (QED) is 0.619. The normalized spacial score (nSPS) is 13.1. The molecule has 1 atom stereocenters. The molecule has 0 aliphatic heterocycles. The van der Waals surface area contributed by atoms with E-state index in [0.29, 0.717) is 12.8 Å². The highest BCUT2D eigenvalue weighted by atomic mass is 16.7. The molecular weight excluding hydrogens is 230 g/mol. The number of benzene rings is 1. The first-order valence-corrected chi connectivity index (χ1v) is 6.04. The molecule has 0 saturated heterocycles. The van der Waals surface area contributed by atoms with E-state index >= 15 is 0 Å². The molecule has 1 rings (SSSR count). The van der Waals surface area contributed by atoms with Gasteiger partial charge in [-0.1, -0.05) is 30.3 Å². The van der Waals surface area contributed by atoms with Crippen molar-refractivity contribution >= 4 is 6.41 Å². The highest BCUT2D eigenvalue weighted by Gasteiger charge is 2.18. The second kappa shape index (κ2) is 6.52. The van der Waals surface area contributed by atoms with Gasteiger partial charge in [-0.25, -0.2) is 5.06 Å². The first-order valence-electron chi connectivity index (χ1n) is 6.04. The fourth-order valence-corrected chi connectivity index (χ4v) is 1.61. The largest absolute Gasteiger partial charge is 0.391 e. The van der Waals surface area contributed by atoms with E-state index in [1.807, 2.05) is 51.1 Å². The number of hydrogen-bond acceptors (Lipinski definition) is 3. The minimum absolute atomic E-state index is 0.162. The average molecular weight is 251 g/mol. The Morgan fingerprint density at radius 3 is 2.44 bits per heavy atom. The standard InChI is InChI=1S/C14H21NO3/c1-14(2,3)18-15(11-16)10-13(17)9-12-7-5-4-6-8-12/h4-8,11,13,17H,9-10H2,1-3H3. The van der Waals surface area contributed by atoms with Gasteiger partial charge >= 0.3 is 0 Å². The maximum Gasteiger partial charge on any atom is 0.233 e. The summed E-state index contributed by atoms with van der Waals surface area (Å²) in [6.45, 7) is 5.73. The molecule has 1 amide bonds. The summed E-state index contributed by atoms with van der Waals surface area (Å²) in [5.41, 5.74) is 0.583. The molecule has 0 saturated carbocycles. The molecule has 0 spiro atoms. The maximum absolute atomic E-state index is 10.9. The van der Waals surface area contributed by atoms with Crippen molar-refractivity contribution in [2.45, 2.75) is 38.9 Å². The van der Waals surface area contributed by atoms with Crippen molar-refractivity contribution in [1.29, 1.82) is 0 Å². The van der Waals surface area contributed by atoms with E-state index in [9.17, 15) is 9.90 Å². The smallest absolute Gasteiger partial charge is 0.233 e. The summed E-state index contributed by atoms with van der Waals surface area (Å²) < 4.78 is 0. The van der Waals surface area contributed by atoms with E-state index in [-0.39, 0.29) is 6.54 Å².